The topological polar surface area (TPSA) is 58.6 Å². The zero-order valence-corrected chi connectivity index (χ0v) is 14.1. The summed E-state index contributed by atoms with van der Waals surface area (Å²) < 4.78 is 5.20. The molecule has 0 saturated carbocycles. The molecule has 0 fully saturated rings. The van der Waals surface area contributed by atoms with E-state index in [1.807, 2.05) is 27.7 Å². The van der Waals surface area contributed by atoms with Gasteiger partial charge in [0.2, 0.25) is 5.91 Å². The number of nitrogens with one attached hydrogen (secondary N) is 1. The van der Waals surface area contributed by atoms with Crippen LogP contribution >= 0.6 is 0 Å². The van der Waals surface area contributed by atoms with Crippen molar-refractivity contribution in [2.75, 3.05) is 20.6 Å². The number of allylic oxidation sites excluding steroid dienone is 1. The second-order valence-corrected chi connectivity index (χ2v) is 7.18. The van der Waals surface area contributed by atoms with Crippen molar-refractivity contribution in [2.24, 2.45) is 5.41 Å². The van der Waals surface area contributed by atoms with Crippen LogP contribution < -0.4 is 5.32 Å². The van der Waals surface area contributed by atoms with Crippen LogP contribution in [-0.4, -0.2) is 43.1 Å². The van der Waals surface area contributed by atoms with E-state index in [9.17, 15) is 9.59 Å². The number of hydrogen-bond acceptors (Lipinski definition) is 3. The third-order valence-corrected chi connectivity index (χ3v) is 3.62. The summed E-state index contributed by atoms with van der Waals surface area (Å²) in [5.41, 5.74) is 0.352. The number of amides is 2. The van der Waals surface area contributed by atoms with Gasteiger partial charge in [-0.1, -0.05) is 18.6 Å². The van der Waals surface area contributed by atoms with E-state index in [-0.39, 0.29) is 11.3 Å². The van der Waals surface area contributed by atoms with Gasteiger partial charge in [0.05, 0.1) is 5.41 Å². The normalized spacial score (nSPS) is 22.3. The molecule has 0 aromatic rings. The highest BCUT2D eigenvalue weighted by Gasteiger charge is 2.35. The van der Waals surface area contributed by atoms with Crippen molar-refractivity contribution in [1.82, 2.24) is 10.2 Å². The molecule has 1 atom stereocenters. The van der Waals surface area contributed by atoms with E-state index >= 15 is 0 Å². The van der Waals surface area contributed by atoms with Gasteiger partial charge in [0.15, 0.2) is 0 Å². The van der Waals surface area contributed by atoms with E-state index in [2.05, 4.69) is 11.4 Å². The highest BCUT2D eigenvalue weighted by molar-refractivity contribution is 5.82. The molecule has 1 unspecified atom stereocenters. The van der Waals surface area contributed by atoms with Crippen LogP contribution in [-0.2, 0) is 9.53 Å². The third-order valence-electron chi connectivity index (χ3n) is 3.62. The molecule has 0 aromatic carbocycles. The molecule has 5 heteroatoms. The molecule has 0 aromatic heterocycles. The van der Waals surface area contributed by atoms with Gasteiger partial charge < -0.3 is 15.0 Å². The predicted octanol–water partition coefficient (Wildman–Crippen LogP) is 2.72. The molecule has 1 aliphatic carbocycles. The summed E-state index contributed by atoms with van der Waals surface area (Å²) in [6.07, 6.45) is 4.02. The van der Waals surface area contributed by atoms with Gasteiger partial charge in [-0.15, -0.1) is 0 Å². The molecule has 0 saturated heterocycles. The lowest BCUT2D eigenvalue weighted by Crippen LogP contribution is -2.40. The smallest absolute Gasteiger partial charge is 0.407 e. The summed E-state index contributed by atoms with van der Waals surface area (Å²) in [5.74, 6) is 0.165. The van der Waals surface area contributed by atoms with Gasteiger partial charge in [0, 0.05) is 20.6 Å². The van der Waals surface area contributed by atoms with Crippen LogP contribution in [0.15, 0.2) is 11.6 Å². The Kier molecular flexibility index (Phi) is 5.42. The van der Waals surface area contributed by atoms with Crippen LogP contribution in [0.4, 0.5) is 4.79 Å². The standard InChI is InChI=1S/C16H28N2O3/c1-15(2,3)21-14(20)17-11-12-7-9-16(4,10-8-12)13(19)18(5)6/h7H,8-11H2,1-6H3,(H,17,20). The largest absolute Gasteiger partial charge is 0.444 e. The van der Waals surface area contributed by atoms with Crippen molar-refractivity contribution in [3.05, 3.63) is 11.6 Å². The number of nitrogens with zero attached hydrogens (tertiary/aromatic N) is 1. The molecule has 0 aliphatic heterocycles. The summed E-state index contributed by atoms with van der Waals surface area (Å²) in [6, 6.07) is 0. The Hall–Kier alpha value is -1.52. The minimum Gasteiger partial charge on any atom is -0.444 e. The Bertz CT molecular complexity index is 435. The minimum atomic E-state index is -0.484. The second kappa shape index (κ2) is 6.50. The maximum Gasteiger partial charge on any atom is 0.407 e. The average Bonchev–Trinajstić information content (AvgIpc) is 2.35. The Morgan fingerprint density at radius 3 is 2.43 bits per heavy atom. The molecule has 1 rings (SSSR count). The van der Waals surface area contributed by atoms with Gasteiger partial charge >= 0.3 is 6.09 Å². The average molecular weight is 296 g/mol. The van der Waals surface area contributed by atoms with Crippen molar-refractivity contribution in [3.8, 4) is 0 Å². The first-order chi connectivity index (χ1) is 9.53. The fourth-order valence-electron chi connectivity index (χ4n) is 2.40. The van der Waals surface area contributed by atoms with Gasteiger partial charge in [0.25, 0.3) is 0 Å². The van der Waals surface area contributed by atoms with E-state index in [0.717, 1.165) is 24.8 Å². The first-order valence-corrected chi connectivity index (χ1v) is 7.40. The van der Waals surface area contributed by atoms with Crippen molar-refractivity contribution in [3.63, 3.8) is 0 Å². The van der Waals surface area contributed by atoms with E-state index in [1.54, 1.807) is 19.0 Å². The van der Waals surface area contributed by atoms with E-state index < -0.39 is 11.7 Å². The molecule has 0 spiro atoms. The van der Waals surface area contributed by atoms with Gasteiger partial charge in [-0.2, -0.15) is 0 Å². The summed E-state index contributed by atoms with van der Waals surface area (Å²) in [6.45, 7) is 8.01. The predicted molar refractivity (Wildman–Crippen MR) is 83.0 cm³/mol. The van der Waals surface area contributed by atoms with E-state index in [4.69, 9.17) is 4.74 Å². The fraction of sp³-hybridized carbons (Fsp3) is 0.750. The molecule has 5 nitrogen and oxygen atoms in total. The van der Waals surface area contributed by atoms with Crippen LogP contribution in [0.3, 0.4) is 0 Å². The van der Waals surface area contributed by atoms with E-state index in [0.29, 0.717) is 6.54 Å². The van der Waals surface area contributed by atoms with Gasteiger partial charge in [-0.3, -0.25) is 4.79 Å². The van der Waals surface area contributed by atoms with Gasteiger partial charge in [-0.05, 0) is 40.0 Å². The Labute approximate surface area is 127 Å². The van der Waals surface area contributed by atoms with Crippen LogP contribution in [0.5, 0.6) is 0 Å². The fourth-order valence-corrected chi connectivity index (χ4v) is 2.40. The summed E-state index contributed by atoms with van der Waals surface area (Å²) >= 11 is 0. The lowest BCUT2D eigenvalue weighted by Gasteiger charge is -2.33. The third kappa shape index (κ3) is 5.40. The molecule has 0 bridgehead atoms. The highest BCUT2D eigenvalue weighted by Crippen LogP contribution is 2.36. The zero-order chi connectivity index (χ0) is 16.3. The van der Waals surface area contributed by atoms with Crippen LogP contribution in [0.1, 0.15) is 47.0 Å². The molecule has 0 radical (unpaired) electrons. The zero-order valence-electron chi connectivity index (χ0n) is 14.1. The van der Waals surface area contributed by atoms with Gasteiger partial charge in [0.1, 0.15) is 5.60 Å². The van der Waals surface area contributed by atoms with Crippen LogP contribution in [0.25, 0.3) is 0 Å². The molecule has 1 aliphatic rings. The molecule has 1 N–H and O–H groups in total. The molecule has 2 amide bonds. The molecular formula is C16H28N2O3. The Balaban J connectivity index is 2.49. The number of carbonyl (C=O) groups excluding carboxylic acids is 2. The van der Waals surface area contributed by atoms with Crippen molar-refractivity contribution in [1.29, 1.82) is 0 Å². The Morgan fingerprint density at radius 1 is 1.38 bits per heavy atom. The van der Waals surface area contributed by atoms with Crippen molar-refractivity contribution < 1.29 is 14.3 Å². The molecule has 120 valence electrons. The highest BCUT2D eigenvalue weighted by atomic mass is 16.6. The number of carbonyl (C=O) groups is 2. The molecule has 21 heavy (non-hydrogen) atoms. The molecular weight excluding hydrogens is 268 g/mol. The number of hydrogen-bond donors (Lipinski definition) is 1. The number of ether oxygens (including phenoxy) is 1. The van der Waals surface area contributed by atoms with Gasteiger partial charge in [-0.25, -0.2) is 4.79 Å². The quantitative estimate of drug-likeness (QED) is 0.815. The lowest BCUT2D eigenvalue weighted by atomic mass is 9.75. The van der Waals surface area contributed by atoms with Crippen LogP contribution in [0, 0.1) is 5.41 Å². The summed E-state index contributed by atoms with van der Waals surface area (Å²) in [5, 5.41) is 2.76. The lowest BCUT2D eigenvalue weighted by molar-refractivity contribution is -0.139. The number of alkyl carbamates (subject to hydrolysis) is 1. The van der Waals surface area contributed by atoms with Crippen molar-refractivity contribution in [2.45, 2.75) is 52.6 Å². The summed E-state index contributed by atoms with van der Waals surface area (Å²) in [7, 11) is 3.58. The summed E-state index contributed by atoms with van der Waals surface area (Å²) in [4.78, 5) is 25.4. The van der Waals surface area contributed by atoms with Crippen molar-refractivity contribution >= 4 is 12.0 Å². The second-order valence-electron chi connectivity index (χ2n) is 7.18. The maximum absolute atomic E-state index is 12.2. The molecule has 0 heterocycles. The van der Waals surface area contributed by atoms with E-state index in [1.165, 1.54) is 0 Å². The SMILES string of the molecule is CN(C)C(=O)C1(C)CC=C(CNC(=O)OC(C)(C)C)CC1. The monoisotopic (exact) mass is 296 g/mol. The maximum atomic E-state index is 12.2. The first kappa shape index (κ1) is 17.5. The minimum absolute atomic E-state index is 0.165. The Morgan fingerprint density at radius 2 is 2.00 bits per heavy atom. The van der Waals surface area contributed by atoms with Crippen LogP contribution in [0.2, 0.25) is 0 Å². The first-order valence-electron chi connectivity index (χ1n) is 7.40. The number of rotatable bonds is 3.